The van der Waals surface area contributed by atoms with Gasteiger partial charge in [-0.2, -0.15) is 0 Å². The fourth-order valence-corrected chi connectivity index (χ4v) is 3.37. The van der Waals surface area contributed by atoms with Crippen LogP contribution in [0.25, 0.3) is 0 Å². The van der Waals surface area contributed by atoms with Gasteiger partial charge in [0.05, 0.1) is 0 Å². The standard InChI is InChI=1S/C16H28N4O3/c1-12(2)7-14(22)19-5-6-20(15(23)18(3)4)11-16(10-19)8-13(21)17-9-16/h12H,5-11H2,1-4H3,(H,17,21). The summed E-state index contributed by atoms with van der Waals surface area (Å²) in [4.78, 5) is 41.8. The molecule has 0 aromatic heterocycles. The third-order valence-electron chi connectivity index (χ3n) is 4.48. The van der Waals surface area contributed by atoms with Crippen molar-refractivity contribution in [2.45, 2.75) is 26.7 Å². The van der Waals surface area contributed by atoms with Crippen LogP contribution in [-0.4, -0.2) is 79.4 Å². The van der Waals surface area contributed by atoms with Crippen LogP contribution in [0.1, 0.15) is 26.7 Å². The maximum atomic E-state index is 12.5. The molecule has 1 atom stereocenters. The molecule has 1 unspecified atom stereocenters. The van der Waals surface area contributed by atoms with Crippen molar-refractivity contribution in [3.8, 4) is 0 Å². The van der Waals surface area contributed by atoms with Crippen LogP contribution in [0.5, 0.6) is 0 Å². The van der Waals surface area contributed by atoms with E-state index in [4.69, 9.17) is 0 Å². The van der Waals surface area contributed by atoms with Crippen molar-refractivity contribution in [1.29, 1.82) is 0 Å². The zero-order valence-corrected chi connectivity index (χ0v) is 14.6. The number of hydrogen-bond acceptors (Lipinski definition) is 3. The molecule has 2 rings (SSSR count). The van der Waals surface area contributed by atoms with E-state index in [0.29, 0.717) is 51.5 Å². The number of nitrogens with one attached hydrogen (secondary N) is 1. The number of hydrogen-bond donors (Lipinski definition) is 1. The number of rotatable bonds is 2. The van der Waals surface area contributed by atoms with Crippen LogP contribution in [0.3, 0.4) is 0 Å². The molecule has 7 heteroatoms. The molecule has 7 nitrogen and oxygen atoms in total. The van der Waals surface area contributed by atoms with Gasteiger partial charge in [0.15, 0.2) is 0 Å². The smallest absolute Gasteiger partial charge is 0.319 e. The maximum Gasteiger partial charge on any atom is 0.319 e. The molecule has 2 aliphatic heterocycles. The summed E-state index contributed by atoms with van der Waals surface area (Å²) in [6.07, 6.45) is 0.870. The second-order valence-corrected chi connectivity index (χ2v) is 7.47. The molecule has 0 radical (unpaired) electrons. The lowest BCUT2D eigenvalue weighted by Gasteiger charge is -2.33. The largest absolute Gasteiger partial charge is 0.355 e. The highest BCUT2D eigenvalue weighted by molar-refractivity contribution is 5.81. The molecular formula is C16H28N4O3. The first kappa shape index (κ1) is 17.6. The molecule has 2 saturated heterocycles. The molecule has 1 N–H and O–H groups in total. The first-order valence-corrected chi connectivity index (χ1v) is 8.23. The van der Waals surface area contributed by atoms with E-state index in [0.717, 1.165) is 0 Å². The molecule has 0 saturated carbocycles. The first-order valence-electron chi connectivity index (χ1n) is 8.23. The van der Waals surface area contributed by atoms with E-state index >= 15 is 0 Å². The maximum absolute atomic E-state index is 12.5. The Hall–Kier alpha value is -1.79. The Balaban J connectivity index is 2.19. The van der Waals surface area contributed by atoms with Gasteiger partial charge in [-0.25, -0.2) is 4.79 Å². The quantitative estimate of drug-likeness (QED) is 0.797. The zero-order chi connectivity index (χ0) is 17.2. The second-order valence-electron chi connectivity index (χ2n) is 7.47. The summed E-state index contributed by atoms with van der Waals surface area (Å²) in [5.74, 6) is 0.405. The van der Waals surface area contributed by atoms with Gasteiger partial charge >= 0.3 is 6.03 Å². The van der Waals surface area contributed by atoms with Crippen LogP contribution in [0, 0.1) is 11.3 Å². The molecular weight excluding hydrogens is 296 g/mol. The Labute approximate surface area is 138 Å². The number of carbonyl (C=O) groups excluding carboxylic acids is 3. The number of amides is 4. The predicted molar refractivity (Wildman–Crippen MR) is 86.8 cm³/mol. The molecule has 23 heavy (non-hydrogen) atoms. The second kappa shape index (κ2) is 6.76. The minimum Gasteiger partial charge on any atom is -0.355 e. The van der Waals surface area contributed by atoms with Crippen molar-refractivity contribution in [1.82, 2.24) is 20.0 Å². The van der Waals surface area contributed by atoms with E-state index in [9.17, 15) is 14.4 Å². The predicted octanol–water partition coefficient (Wildman–Crippen LogP) is 0.365. The molecule has 0 aliphatic carbocycles. The van der Waals surface area contributed by atoms with Crippen LogP contribution < -0.4 is 5.32 Å². The monoisotopic (exact) mass is 324 g/mol. The molecule has 1 spiro atoms. The normalized spacial score (nSPS) is 24.8. The van der Waals surface area contributed by atoms with Gasteiger partial charge in [0, 0.05) is 65.1 Å². The minimum absolute atomic E-state index is 0.000380. The highest BCUT2D eigenvalue weighted by atomic mass is 16.2. The minimum atomic E-state index is -0.369. The Morgan fingerprint density at radius 3 is 2.35 bits per heavy atom. The lowest BCUT2D eigenvalue weighted by atomic mass is 9.86. The van der Waals surface area contributed by atoms with E-state index in [1.165, 1.54) is 0 Å². The highest BCUT2D eigenvalue weighted by Gasteiger charge is 2.44. The van der Waals surface area contributed by atoms with Gasteiger partial charge in [-0.15, -0.1) is 0 Å². The van der Waals surface area contributed by atoms with Gasteiger partial charge in [0.1, 0.15) is 0 Å². The van der Waals surface area contributed by atoms with Crippen molar-refractivity contribution in [3.05, 3.63) is 0 Å². The fraction of sp³-hybridized carbons (Fsp3) is 0.812. The van der Waals surface area contributed by atoms with Crippen molar-refractivity contribution in [2.24, 2.45) is 11.3 Å². The molecule has 130 valence electrons. The van der Waals surface area contributed by atoms with Crippen molar-refractivity contribution in [2.75, 3.05) is 46.8 Å². The van der Waals surface area contributed by atoms with E-state index < -0.39 is 0 Å². The summed E-state index contributed by atoms with van der Waals surface area (Å²) >= 11 is 0. The summed E-state index contributed by atoms with van der Waals surface area (Å²) in [6, 6.07) is -0.0677. The van der Waals surface area contributed by atoms with Gasteiger partial charge in [-0.1, -0.05) is 13.8 Å². The summed E-state index contributed by atoms with van der Waals surface area (Å²) in [6.45, 7) is 6.65. The average Bonchev–Trinajstić information content (AvgIpc) is 2.69. The van der Waals surface area contributed by atoms with Crippen LogP contribution in [-0.2, 0) is 9.59 Å². The Bertz CT molecular complexity index is 492. The molecule has 0 bridgehead atoms. The van der Waals surface area contributed by atoms with Gasteiger partial charge in [0.25, 0.3) is 0 Å². The molecule has 2 fully saturated rings. The lowest BCUT2D eigenvalue weighted by Crippen LogP contribution is -2.47. The molecule has 4 amide bonds. The van der Waals surface area contributed by atoms with Gasteiger partial charge in [-0.3, -0.25) is 9.59 Å². The Morgan fingerprint density at radius 2 is 1.83 bits per heavy atom. The Morgan fingerprint density at radius 1 is 1.22 bits per heavy atom. The number of carbonyl (C=O) groups is 3. The molecule has 2 heterocycles. The highest BCUT2D eigenvalue weighted by Crippen LogP contribution is 2.31. The summed E-state index contributed by atoms with van der Waals surface area (Å²) in [5, 5.41) is 2.87. The van der Waals surface area contributed by atoms with Crippen molar-refractivity contribution in [3.63, 3.8) is 0 Å². The van der Waals surface area contributed by atoms with Gasteiger partial charge in [0.2, 0.25) is 11.8 Å². The van der Waals surface area contributed by atoms with Gasteiger partial charge < -0.3 is 20.0 Å². The van der Waals surface area contributed by atoms with Gasteiger partial charge in [-0.05, 0) is 5.92 Å². The fourth-order valence-electron chi connectivity index (χ4n) is 3.37. The average molecular weight is 324 g/mol. The SMILES string of the molecule is CC(C)CC(=O)N1CCN(C(=O)N(C)C)CC2(CNC(=O)C2)C1. The summed E-state index contributed by atoms with van der Waals surface area (Å²) in [7, 11) is 3.44. The zero-order valence-electron chi connectivity index (χ0n) is 14.6. The van der Waals surface area contributed by atoms with Crippen molar-refractivity contribution >= 4 is 17.8 Å². The number of nitrogens with zero attached hydrogens (tertiary/aromatic N) is 3. The van der Waals surface area contributed by atoms with Crippen LogP contribution in [0.15, 0.2) is 0 Å². The molecule has 0 aromatic carbocycles. The summed E-state index contributed by atoms with van der Waals surface area (Å²) < 4.78 is 0. The lowest BCUT2D eigenvalue weighted by molar-refractivity contribution is -0.133. The van der Waals surface area contributed by atoms with E-state index in [-0.39, 0.29) is 23.3 Å². The first-order chi connectivity index (χ1) is 10.7. The van der Waals surface area contributed by atoms with Crippen molar-refractivity contribution < 1.29 is 14.4 Å². The third kappa shape index (κ3) is 4.14. The number of urea groups is 1. The van der Waals surface area contributed by atoms with Crippen LogP contribution in [0.4, 0.5) is 4.79 Å². The van der Waals surface area contributed by atoms with Crippen LogP contribution >= 0.6 is 0 Å². The molecule has 2 aliphatic rings. The van der Waals surface area contributed by atoms with E-state index in [2.05, 4.69) is 5.32 Å². The van der Waals surface area contributed by atoms with Crippen LogP contribution in [0.2, 0.25) is 0 Å². The van der Waals surface area contributed by atoms with E-state index in [1.807, 2.05) is 18.7 Å². The van der Waals surface area contributed by atoms with E-state index in [1.54, 1.807) is 23.9 Å². The Kier molecular flexibility index (Phi) is 5.16. The molecule has 0 aromatic rings. The third-order valence-corrected chi connectivity index (χ3v) is 4.48. The summed E-state index contributed by atoms with van der Waals surface area (Å²) in [5.41, 5.74) is -0.369. The topological polar surface area (TPSA) is 73.0 Å².